The van der Waals surface area contributed by atoms with Crippen LogP contribution in [-0.2, 0) is 4.79 Å². The van der Waals surface area contributed by atoms with Crippen LogP contribution in [0.15, 0.2) is 12.7 Å². The van der Waals surface area contributed by atoms with Gasteiger partial charge in [-0.25, -0.2) is 0 Å². The number of hydrogen-bond donors (Lipinski definition) is 1. The average Bonchev–Trinajstić information content (AvgIpc) is 2.14. The first kappa shape index (κ1) is 16.0. The molecule has 100 valence electrons. The highest BCUT2D eigenvalue weighted by Crippen LogP contribution is 2.17. The lowest BCUT2D eigenvalue weighted by Crippen LogP contribution is -2.44. The largest absolute Gasteiger partial charge is 0.406 e. The normalized spacial score (nSPS) is 11.6. The highest BCUT2D eigenvalue weighted by Gasteiger charge is 2.32. The van der Waals surface area contributed by atoms with Crippen LogP contribution in [0.3, 0.4) is 0 Å². The molecule has 0 rings (SSSR count). The molecule has 0 saturated carbocycles. The van der Waals surface area contributed by atoms with E-state index in [2.05, 4.69) is 11.9 Å². The minimum atomic E-state index is -4.36. The van der Waals surface area contributed by atoms with E-state index in [4.69, 9.17) is 0 Å². The van der Waals surface area contributed by atoms with Crippen molar-refractivity contribution in [1.82, 2.24) is 10.2 Å². The summed E-state index contributed by atoms with van der Waals surface area (Å²) < 4.78 is 36.8. The van der Waals surface area contributed by atoms with Crippen molar-refractivity contribution in [3.8, 4) is 0 Å². The van der Waals surface area contributed by atoms with Gasteiger partial charge in [-0.05, 0) is 5.92 Å². The second-order valence-electron chi connectivity index (χ2n) is 4.20. The van der Waals surface area contributed by atoms with Crippen molar-refractivity contribution in [2.24, 2.45) is 5.92 Å². The van der Waals surface area contributed by atoms with Gasteiger partial charge in [0.15, 0.2) is 0 Å². The first-order valence-corrected chi connectivity index (χ1v) is 5.42. The van der Waals surface area contributed by atoms with Gasteiger partial charge in [0.1, 0.15) is 6.54 Å². The predicted molar refractivity (Wildman–Crippen MR) is 60.5 cm³/mol. The first-order valence-electron chi connectivity index (χ1n) is 5.42. The van der Waals surface area contributed by atoms with Crippen LogP contribution in [0.2, 0.25) is 0 Å². The van der Waals surface area contributed by atoms with Gasteiger partial charge in [-0.2, -0.15) is 13.2 Å². The quantitative estimate of drug-likeness (QED) is 0.553. The van der Waals surface area contributed by atoms with Crippen molar-refractivity contribution < 1.29 is 18.0 Å². The van der Waals surface area contributed by atoms with Gasteiger partial charge in [0.2, 0.25) is 5.91 Å². The Morgan fingerprint density at radius 3 is 2.47 bits per heavy atom. The van der Waals surface area contributed by atoms with Crippen LogP contribution in [0.1, 0.15) is 13.8 Å². The SMILES string of the molecule is C=CCNCC(=O)N(CC(C)C)CC(F)(F)F. The number of alkyl halides is 3. The van der Waals surface area contributed by atoms with Crippen LogP contribution in [0, 0.1) is 5.92 Å². The monoisotopic (exact) mass is 252 g/mol. The Kier molecular flexibility index (Phi) is 6.87. The molecule has 0 spiro atoms. The van der Waals surface area contributed by atoms with Crippen molar-refractivity contribution in [3.05, 3.63) is 12.7 Å². The van der Waals surface area contributed by atoms with E-state index in [1.807, 2.05) is 0 Å². The molecule has 0 aliphatic carbocycles. The molecular formula is C11H19F3N2O. The van der Waals surface area contributed by atoms with E-state index in [0.717, 1.165) is 4.90 Å². The standard InChI is InChI=1S/C11H19F3N2O/c1-4-5-15-6-10(17)16(7-9(2)3)8-11(12,13)14/h4,9,15H,1,5-8H2,2-3H3. The first-order chi connectivity index (χ1) is 7.76. The minimum absolute atomic E-state index is 0.000652. The molecule has 0 heterocycles. The van der Waals surface area contributed by atoms with Crippen molar-refractivity contribution in [3.63, 3.8) is 0 Å². The molecule has 0 bridgehead atoms. The summed E-state index contributed by atoms with van der Waals surface area (Å²) in [6.07, 6.45) is -2.81. The van der Waals surface area contributed by atoms with E-state index in [9.17, 15) is 18.0 Å². The summed E-state index contributed by atoms with van der Waals surface area (Å²) in [5, 5.41) is 2.70. The molecule has 0 fully saturated rings. The van der Waals surface area contributed by atoms with E-state index in [1.54, 1.807) is 19.9 Å². The third kappa shape index (κ3) is 8.74. The second kappa shape index (κ2) is 7.32. The van der Waals surface area contributed by atoms with E-state index in [1.165, 1.54) is 0 Å². The molecular weight excluding hydrogens is 233 g/mol. The number of carbonyl (C=O) groups excluding carboxylic acids is 1. The molecule has 3 nitrogen and oxygen atoms in total. The Bertz CT molecular complexity index is 252. The molecule has 0 radical (unpaired) electrons. The van der Waals surface area contributed by atoms with Crippen molar-refractivity contribution in [2.75, 3.05) is 26.2 Å². The number of amides is 1. The third-order valence-electron chi connectivity index (χ3n) is 1.87. The second-order valence-corrected chi connectivity index (χ2v) is 4.20. The summed E-state index contributed by atoms with van der Waals surface area (Å²) in [4.78, 5) is 12.4. The molecule has 0 atom stereocenters. The lowest BCUT2D eigenvalue weighted by atomic mass is 10.2. The molecule has 1 N–H and O–H groups in total. The Morgan fingerprint density at radius 1 is 1.47 bits per heavy atom. The van der Waals surface area contributed by atoms with Crippen molar-refractivity contribution in [2.45, 2.75) is 20.0 Å². The molecule has 1 amide bonds. The zero-order chi connectivity index (χ0) is 13.5. The van der Waals surface area contributed by atoms with Crippen molar-refractivity contribution in [1.29, 1.82) is 0 Å². The van der Waals surface area contributed by atoms with E-state index in [-0.39, 0.29) is 19.0 Å². The molecule has 0 aliphatic heterocycles. The third-order valence-corrected chi connectivity index (χ3v) is 1.87. The molecule has 0 aromatic rings. The summed E-state index contributed by atoms with van der Waals surface area (Å²) >= 11 is 0. The zero-order valence-corrected chi connectivity index (χ0v) is 10.2. The predicted octanol–water partition coefficient (Wildman–Crippen LogP) is 1.81. The number of carbonyl (C=O) groups is 1. The number of halogens is 3. The fraction of sp³-hybridized carbons (Fsp3) is 0.727. The number of hydrogen-bond acceptors (Lipinski definition) is 2. The Labute approximate surface area is 99.7 Å². The summed E-state index contributed by atoms with van der Waals surface area (Å²) in [6, 6.07) is 0. The topological polar surface area (TPSA) is 32.3 Å². The summed E-state index contributed by atoms with van der Waals surface area (Å²) in [7, 11) is 0. The summed E-state index contributed by atoms with van der Waals surface area (Å²) in [5.74, 6) is -0.543. The average molecular weight is 252 g/mol. The van der Waals surface area contributed by atoms with Crippen LogP contribution < -0.4 is 5.32 Å². The van der Waals surface area contributed by atoms with Crippen molar-refractivity contribution >= 4 is 5.91 Å². The number of nitrogens with zero attached hydrogens (tertiary/aromatic N) is 1. The van der Waals surface area contributed by atoms with Gasteiger partial charge < -0.3 is 10.2 Å². The maximum atomic E-state index is 12.3. The van der Waals surface area contributed by atoms with Crippen LogP contribution in [0.4, 0.5) is 13.2 Å². The van der Waals surface area contributed by atoms with E-state index < -0.39 is 18.6 Å². The maximum absolute atomic E-state index is 12.3. The maximum Gasteiger partial charge on any atom is 0.406 e. The summed E-state index contributed by atoms with van der Waals surface area (Å²) in [5.41, 5.74) is 0. The van der Waals surface area contributed by atoms with Gasteiger partial charge in [-0.15, -0.1) is 6.58 Å². The van der Waals surface area contributed by atoms with Crippen LogP contribution in [-0.4, -0.2) is 43.2 Å². The molecule has 0 unspecified atom stereocenters. The van der Waals surface area contributed by atoms with Gasteiger partial charge >= 0.3 is 6.18 Å². The van der Waals surface area contributed by atoms with E-state index in [0.29, 0.717) is 6.54 Å². The molecule has 0 aromatic heterocycles. The van der Waals surface area contributed by atoms with Gasteiger partial charge in [0.05, 0.1) is 6.54 Å². The highest BCUT2D eigenvalue weighted by atomic mass is 19.4. The smallest absolute Gasteiger partial charge is 0.332 e. The molecule has 0 aliphatic rings. The van der Waals surface area contributed by atoms with Crippen LogP contribution in [0.5, 0.6) is 0 Å². The van der Waals surface area contributed by atoms with Crippen LogP contribution in [0.25, 0.3) is 0 Å². The number of nitrogens with one attached hydrogen (secondary N) is 1. The lowest BCUT2D eigenvalue weighted by Gasteiger charge is -2.25. The lowest BCUT2D eigenvalue weighted by molar-refractivity contribution is -0.161. The Morgan fingerprint density at radius 2 is 2.06 bits per heavy atom. The fourth-order valence-corrected chi connectivity index (χ4v) is 1.30. The van der Waals surface area contributed by atoms with Gasteiger partial charge in [0, 0.05) is 13.1 Å². The molecule has 0 aromatic carbocycles. The molecule has 6 heteroatoms. The zero-order valence-electron chi connectivity index (χ0n) is 10.2. The van der Waals surface area contributed by atoms with Gasteiger partial charge in [-0.1, -0.05) is 19.9 Å². The van der Waals surface area contributed by atoms with Crippen LogP contribution >= 0.6 is 0 Å². The fourth-order valence-electron chi connectivity index (χ4n) is 1.30. The molecule has 17 heavy (non-hydrogen) atoms. The van der Waals surface area contributed by atoms with E-state index >= 15 is 0 Å². The Hall–Kier alpha value is -1.04. The minimum Gasteiger partial charge on any atom is -0.332 e. The molecule has 0 saturated heterocycles. The van der Waals surface area contributed by atoms with Gasteiger partial charge in [0.25, 0.3) is 0 Å². The Balaban J connectivity index is 4.34. The highest BCUT2D eigenvalue weighted by molar-refractivity contribution is 5.78. The van der Waals surface area contributed by atoms with Gasteiger partial charge in [-0.3, -0.25) is 4.79 Å². The summed E-state index contributed by atoms with van der Waals surface area (Å²) in [6.45, 7) is 6.19. The number of rotatable bonds is 7.